The molecule has 1 heterocycles. The van der Waals surface area contributed by atoms with E-state index in [0.29, 0.717) is 53.1 Å². The molecule has 2 aliphatic rings. The maximum Gasteiger partial charge on any atom is 0.407 e. The predicted octanol–water partition coefficient (Wildman–Crippen LogP) is 12.9. The minimum Gasteiger partial charge on any atom is -0.503 e. The number of nitrogens with one attached hydrogen (secondary N) is 2. The number of hydrogen-bond donors (Lipinski definition) is 3. The van der Waals surface area contributed by atoms with Gasteiger partial charge in [0.1, 0.15) is 24.5 Å². The highest BCUT2D eigenvalue weighted by Gasteiger charge is 2.47. The van der Waals surface area contributed by atoms with Gasteiger partial charge in [0.25, 0.3) is 5.91 Å². The molecule has 7 rings (SSSR count). The second kappa shape index (κ2) is 25.5. The number of hydrogen-bond acceptors (Lipinski definition) is 13. The van der Waals surface area contributed by atoms with Crippen molar-refractivity contribution in [2.45, 2.75) is 70.9 Å². The van der Waals surface area contributed by atoms with Crippen molar-refractivity contribution in [3.63, 3.8) is 0 Å². The van der Waals surface area contributed by atoms with E-state index in [2.05, 4.69) is 117 Å². The molecule has 1 atom stereocenters. The molecule has 5 aromatic rings. The average molecular weight is 1390 g/mol. The summed E-state index contributed by atoms with van der Waals surface area (Å²) in [4.78, 5) is 63.6. The van der Waals surface area contributed by atoms with Crippen molar-refractivity contribution in [1.82, 2.24) is 10.6 Å². The average Bonchev–Trinajstić information content (AvgIpc) is 3.64. The van der Waals surface area contributed by atoms with Gasteiger partial charge in [-0.05, 0) is 199 Å². The van der Waals surface area contributed by atoms with Crippen LogP contribution in [0.1, 0.15) is 55.0 Å². The standard InChI is InChI=1S/C53H46Br6N4O11/c1-52(2,3)74-51(68)61-17-15-32-19-36(55)47(37(56)20-32)71-43-24-33(18-35(54)45(43)64)14-16-60-49(66)41(62-69-28-30-10-6-4-7-11-30)23-34-21-38(57)48(39(58)22-34)72-44-27-53(25-40(59)46(44)65)26-42(50(67)73-53)63-70-29-31-12-8-5-9-13-31/h4-13,18-22,24-25,27,64H,14-17,23,26,28-29H2,1-3H3,(H,60,66)(H,61,68)/b62-41+,63-42+. The number of oxime groups is 2. The van der Waals surface area contributed by atoms with Gasteiger partial charge in [0.2, 0.25) is 5.78 Å². The number of carbonyl (C=O) groups is 4. The molecule has 0 bridgehead atoms. The Balaban J connectivity index is 1.02. The molecule has 2 amide bonds. The number of phenolic OH excluding ortho intramolecular Hbond substituents is 1. The number of Topliss-reactive ketones (excluding diaryl/α,β-unsaturated/α-hetero) is 1. The lowest BCUT2D eigenvalue weighted by Crippen LogP contribution is -2.34. The van der Waals surface area contributed by atoms with Gasteiger partial charge < -0.3 is 44.4 Å². The van der Waals surface area contributed by atoms with Crippen LogP contribution in [-0.2, 0) is 66.0 Å². The van der Waals surface area contributed by atoms with E-state index in [9.17, 15) is 24.3 Å². The quantitative estimate of drug-likeness (QED) is 0.0405. The third-order valence-electron chi connectivity index (χ3n) is 10.7. The van der Waals surface area contributed by atoms with E-state index >= 15 is 0 Å². The largest absolute Gasteiger partial charge is 0.503 e. The molecular weight excluding hydrogens is 1350 g/mol. The van der Waals surface area contributed by atoms with Crippen molar-refractivity contribution in [2.75, 3.05) is 13.1 Å². The molecule has 3 N–H and O–H groups in total. The summed E-state index contributed by atoms with van der Waals surface area (Å²) in [5.74, 6) is -1.09. The van der Waals surface area contributed by atoms with E-state index in [1.807, 2.05) is 72.8 Å². The van der Waals surface area contributed by atoms with Crippen LogP contribution in [0.4, 0.5) is 4.79 Å². The highest BCUT2D eigenvalue weighted by molar-refractivity contribution is 9.12. The Morgan fingerprint density at radius 1 is 0.689 bits per heavy atom. The highest BCUT2D eigenvalue weighted by Crippen LogP contribution is 2.44. The number of halogens is 6. The number of benzene rings is 5. The molecule has 0 saturated carbocycles. The smallest absolute Gasteiger partial charge is 0.407 e. The van der Waals surface area contributed by atoms with E-state index in [0.717, 1.165) is 22.3 Å². The van der Waals surface area contributed by atoms with Gasteiger partial charge in [-0.1, -0.05) is 71.0 Å². The molecule has 1 saturated heterocycles. The van der Waals surface area contributed by atoms with Gasteiger partial charge in [-0.25, -0.2) is 9.59 Å². The van der Waals surface area contributed by atoms with E-state index in [-0.39, 0.29) is 71.5 Å². The number of phenols is 1. The third kappa shape index (κ3) is 15.6. The van der Waals surface area contributed by atoms with Crippen molar-refractivity contribution in [2.24, 2.45) is 10.3 Å². The SMILES string of the molecule is CC(C)(C)OC(=O)NCCc1cc(Br)c(Oc2cc(CCNC(=O)/C(Cc3cc(Br)c(OC4=CC5(C=C(Br)C4=O)C/C(=N\OCc4ccccc4)C(=O)O5)c(Br)c3)=N/OCc3ccccc3)cc(Br)c2O)c(Br)c1. The first kappa shape index (κ1) is 56.4. The first-order chi connectivity index (χ1) is 35.2. The van der Waals surface area contributed by atoms with Crippen LogP contribution in [0.15, 0.2) is 152 Å². The Kier molecular flexibility index (Phi) is 19.4. The van der Waals surface area contributed by atoms with Crippen molar-refractivity contribution in [1.29, 1.82) is 0 Å². The topological polar surface area (TPSA) is 193 Å². The molecule has 0 aromatic heterocycles. The lowest BCUT2D eigenvalue weighted by atomic mass is 9.92. The van der Waals surface area contributed by atoms with Gasteiger partial charge in [0.05, 0.1) is 26.8 Å². The van der Waals surface area contributed by atoms with Crippen LogP contribution < -0.4 is 20.1 Å². The van der Waals surface area contributed by atoms with Gasteiger partial charge in [0.15, 0.2) is 40.1 Å². The third-order valence-corrected chi connectivity index (χ3v) is 14.2. The van der Waals surface area contributed by atoms with Crippen molar-refractivity contribution in [3.05, 3.63) is 170 Å². The van der Waals surface area contributed by atoms with E-state index < -0.39 is 35.0 Å². The zero-order valence-electron chi connectivity index (χ0n) is 39.7. The first-order valence-electron chi connectivity index (χ1n) is 22.7. The van der Waals surface area contributed by atoms with Crippen LogP contribution in [0.2, 0.25) is 0 Å². The highest BCUT2D eigenvalue weighted by atomic mass is 79.9. The number of ether oxygens (including phenoxy) is 4. The van der Waals surface area contributed by atoms with Crippen LogP contribution in [0.25, 0.3) is 0 Å². The Morgan fingerprint density at radius 3 is 1.84 bits per heavy atom. The minimum absolute atomic E-state index is 0.0118. The maximum absolute atomic E-state index is 13.9. The normalized spacial score (nSPS) is 16.1. The molecular formula is C53H46Br6N4O11. The van der Waals surface area contributed by atoms with E-state index in [1.54, 1.807) is 45.0 Å². The van der Waals surface area contributed by atoms with Crippen LogP contribution >= 0.6 is 95.6 Å². The molecule has 15 nitrogen and oxygen atoms in total. The van der Waals surface area contributed by atoms with Crippen LogP contribution in [0.5, 0.6) is 23.0 Å². The summed E-state index contributed by atoms with van der Waals surface area (Å²) in [6.07, 6.45) is 3.29. The van der Waals surface area contributed by atoms with E-state index in [1.165, 1.54) is 12.2 Å². The van der Waals surface area contributed by atoms with Crippen LogP contribution in [-0.4, -0.2) is 64.6 Å². The fourth-order valence-electron chi connectivity index (χ4n) is 7.28. The second-order valence-electron chi connectivity index (χ2n) is 17.7. The fraction of sp³-hybridized carbons (Fsp3) is 0.245. The van der Waals surface area contributed by atoms with Gasteiger partial charge in [0, 0.05) is 32.0 Å². The van der Waals surface area contributed by atoms with Crippen molar-refractivity contribution >= 4 is 131 Å². The number of esters is 1. The molecule has 5 aromatic carbocycles. The summed E-state index contributed by atoms with van der Waals surface area (Å²) >= 11 is 21.1. The summed E-state index contributed by atoms with van der Waals surface area (Å²) < 4.78 is 26.1. The zero-order valence-corrected chi connectivity index (χ0v) is 49.3. The number of alkyl carbamates (subject to hydrolysis) is 1. The predicted molar refractivity (Wildman–Crippen MR) is 299 cm³/mol. The summed E-state index contributed by atoms with van der Waals surface area (Å²) in [5, 5.41) is 25.0. The fourth-order valence-corrected chi connectivity index (χ4v) is 11.2. The minimum atomic E-state index is -1.37. The molecule has 1 aliphatic heterocycles. The number of nitrogens with zero attached hydrogens (tertiary/aromatic N) is 2. The van der Waals surface area contributed by atoms with Gasteiger partial charge in [-0.3, -0.25) is 9.59 Å². The number of allylic oxidation sites excluding steroid dienone is 1. The van der Waals surface area contributed by atoms with Gasteiger partial charge in [-0.15, -0.1) is 0 Å². The summed E-state index contributed by atoms with van der Waals surface area (Å²) in [5.41, 5.74) is 2.12. The lowest BCUT2D eigenvalue weighted by molar-refractivity contribution is -0.139. The summed E-state index contributed by atoms with van der Waals surface area (Å²) in [7, 11) is 0. The Labute approximate surface area is 477 Å². The summed E-state index contributed by atoms with van der Waals surface area (Å²) in [6, 6.07) is 29.3. The Hall–Kier alpha value is -5.32. The molecule has 1 aliphatic carbocycles. The number of carbonyl (C=O) groups excluding carboxylic acids is 4. The molecule has 74 heavy (non-hydrogen) atoms. The maximum atomic E-state index is 13.9. The molecule has 0 radical (unpaired) electrons. The van der Waals surface area contributed by atoms with Crippen LogP contribution in [0.3, 0.4) is 0 Å². The second-order valence-corrected chi connectivity index (χ2v) is 22.8. The van der Waals surface area contributed by atoms with Crippen molar-refractivity contribution < 1.29 is 52.9 Å². The van der Waals surface area contributed by atoms with E-state index in [4.69, 9.17) is 28.6 Å². The van der Waals surface area contributed by atoms with Crippen LogP contribution in [0, 0.1) is 0 Å². The molecule has 1 spiro atoms. The summed E-state index contributed by atoms with van der Waals surface area (Å²) in [6.45, 7) is 6.18. The zero-order chi connectivity index (χ0) is 53.2. The number of aromatic hydroxyl groups is 1. The monoisotopic (exact) mass is 1390 g/mol. The Bertz CT molecular complexity index is 3030. The number of ketones is 1. The number of amides is 2. The molecule has 1 unspecified atom stereocenters. The molecule has 21 heteroatoms. The molecule has 386 valence electrons. The first-order valence-corrected chi connectivity index (χ1v) is 27.4. The lowest BCUT2D eigenvalue weighted by Gasteiger charge is -2.25. The molecule has 1 fully saturated rings. The van der Waals surface area contributed by atoms with Crippen molar-refractivity contribution in [3.8, 4) is 23.0 Å². The van der Waals surface area contributed by atoms with Gasteiger partial charge in [-0.2, -0.15) is 0 Å². The Morgan fingerprint density at radius 2 is 1.23 bits per heavy atom. The van der Waals surface area contributed by atoms with Gasteiger partial charge >= 0.3 is 12.1 Å². The number of rotatable bonds is 19.